The molecule has 5 nitrogen and oxygen atoms in total. The average molecular weight is 479 g/mol. The molecule has 0 bridgehead atoms. The highest BCUT2D eigenvalue weighted by atomic mass is 79.9. The standard InChI is InChI=1S/C16H11Br2F2NO4/c1-21(25-2)15(22)7-3-5-9(17)11(13(7)19)12-10(18)6-4-8(14(12)20)16(23)24/h3-6H,1-2H3,(H,23,24). The summed E-state index contributed by atoms with van der Waals surface area (Å²) in [6.07, 6.45) is 0. The van der Waals surface area contributed by atoms with Crippen LogP contribution in [0.4, 0.5) is 8.78 Å². The first kappa shape index (κ1) is 19.5. The van der Waals surface area contributed by atoms with Gasteiger partial charge in [-0.05, 0) is 24.3 Å². The second-order valence-electron chi connectivity index (χ2n) is 4.86. The third-order valence-electron chi connectivity index (χ3n) is 3.45. The molecule has 1 amide bonds. The minimum Gasteiger partial charge on any atom is -0.478 e. The van der Waals surface area contributed by atoms with Gasteiger partial charge in [-0.3, -0.25) is 9.63 Å². The van der Waals surface area contributed by atoms with Crippen molar-refractivity contribution in [2.45, 2.75) is 0 Å². The molecular formula is C16H11Br2F2NO4. The molecule has 0 saturated heterocycles. The Morgan fingerprint density at radius 1 is 1.00 bits per heavy atom. The molecule has 2 aromatic rings. The number of carbonyl (C=O) groups is 2. The number of amides is 1. The van der Waals surface area contributed by atoms with Crippen LogP contribution in [0.1, 0.15) is 20.7 Å². The van der Waals surface area contributed by atoms with E-state index in [2.05, 4.69) is 31.9 Å². The Balaban J connectivity index is 2.79. The van der Waals surface area contributed by atoms with Gasteiger partial charge in [0.1, 0.15) is 11.6 Å². The number of hydrogen-bond donors (Lipinski definition) is 1. The quantitative estimate of drug-likeness (QED) is 0.657. The van der Waals surface area contributed by atoms with Gasteiger partial charge in [0.25, 0.3) is 5.91 Å². The zero-order chi connectivity index (χ0) is 18.9. The summed E-state index contributed by atoms with van der Waals surface area (Å²) in [4.78, 5) is 28.1. The fourth-order valence-electron chi connectivity index (χ4n) is 2.15. The van der Waals surface area contributed by atoms with Crippen molar-refractivity contribution in [2.24, 2.45) is 0 Å². The molecule has 2 rings (SSSR count). The number of nitrogens with zero attached hydrogens (tertiary/aromatic N) is 1. The van der Waals surface area contributed by atoms with Crippen molar-refractivity contribution in [2.75, 3.05) is 14.2 Å². The van der Waals surface area contributed by atoms with Crippen LogP contribution in [0.5, 0.6) is 0 Å². The molecule has 0 aromatic heterocycles. The van der Waals surface area contributed by atoms with E-state index < -0.39 is 29.1 Å². The summed E-state index contributed by atoms with van der Waals surface area (Å²) in [7, 11) is 2.53. The summed E-state index contributed by atoms with van der Waals surface area (Å²) >= 11 is 6.22. The number of rotatable bonds is 4. The molecule has 2 aromatic carbocycles. The molecule has 0 atom stereocenters. The maximum atomic E-state index is 15.0. The molecular weight excluding hydrogens is 468 g/mol. The Kier molecular flexibility index (Phi) is 5.91. The van der Waals surface area contributed by atoms with Crippen LogP contribution in [0.2, 0.25) is 0 Å². The van der Waals surface area contributed by atoms with Crippen LogP contribution in [0.25, 0.3) is 11.1 Å². The summed E-state index contributed by atoms with van der Waals surface area (Å²) < 4.78 is 30.0. The van der Waals surface area contributed by atoms with Crippen molar-refractivity contribution in [1.29, 1.82) is 0 Å². The highest BCUT2D eigenvalue weighted by molar-refractivity contribution is 9.11. The van der Waals surface area contributed by atoms with E-state index in [1.54, 1.807) is 0 Å². The zero-order valence-electron chi connectivity index (χ0n) is 12.9. The van der Waals surface area contributed by atoms with E-state index in [0.717, 1.165) is 11.1 Å². The summed E-state index contributed by atoms with van der Waals surface area (Å²) in [6, 6.07) is 4.94. The summed E-state index contributed by atoms with van der Waals surface area (Å²) in [5.41, 5.74) is -1.55. The highest BCUT2D eigenvalue weighted by Crippen LogP contribution is 2.39. The Morgan fingerprint density at radius 2 is 1.44 bits per heavy atom. The van der Waals surface area contributed by atoms with Gasteiger partial charge in [-0.1, -0.05) is 31.9 Å². The van der Waals surface area contributed by atoms with Crippen molar-refractivity contribution in [3.63, 3.8) is 0 Å². The normalized spacial score (nSPS) is 10.6. The fraction of sp³-hybridized carbons (Fsp3) is 0.125. The van der Waals surface area contributed by atoms with E-state index in [0.29, 0.717) is 0 Å². The molecule has 0 aliphatic heterocycles. The van der Waals surface area contributed by atoms with Gasteiger partial charge in [-0.2, -0.15) is 0 Å². The van der Waals surface area contributed by atoms with Crippen LogP contribution >= 0.6 is 31.9 Å². The minimum absolute atomic E-state index is 0.138. The minimum atomic E-state index is -1.49. The molecule has 0 aliphatic rings. The number of aromatic carboxylic acids is 1. The van der Waals surface area contributed by atoms with Gasteiger partial charge < -0.3 is 5.11 Å². The van der Waals surface area contributed by atoms with E-state index in [9.17, 15) is 18.4 Å². The molecule has 9 heteroatoms. The van der Waals surface area contributed by atoms with Gasteiger partial charge in [0.05, 0.1) is 18.2 Å². The number of carboxylic acid groups (broad SMARTS) is 1. The van der Waals surface area contributed by atoms with Gasteiger partial charge >= 0.3 is 5.97 Å². The first-order valence-corrected chi connectivity index (χ1v) is 8.31. The number of benzene rings is 2. The highest BCUT2D eigenvalue weighted by Gasteiger charge is 2.26. The summed E-state index contributed by atoms with van der Waals surface area (Å²) in [6.45, 7) is 0. The van der Waals surface area contributed by atoms with Gasteiger partial charge in [-0.25, -0.2) is 18.6 Å². The van der Waals surface area contributed by atoms with Crippen LogP contribution in [0.3, 0.4) is 0 Å². The van der Waals surface area contributed by atoms with Crippen molar-refractivity contribution >= 4 is 43.7 Å². The number of hydrogen-bond acceptors (Lipinski definition) is 3. The van der Waals surface area contributed by atoms with Gasteiger partial charge in [-0.15, -0.1) is 0 Å². The van der Waals surface area contributed by atoms with Crippen LogP contribution in [0.15, 0.2) is 33.2 Å². The Morgan fingerprint density at radius 3 is 1.88 bits per heavy atom. The Labute approximate surface area is 158 Å². The predicted molar refractivity (Wildman–Crippen MR) is 93.3 cm³/mol. The molecule has 132 valence electrons. The van der Waals surface area contributed by atoms with Crippen molar-refractivity contribution < 1.29 is 28.3 Å². The van der Waals surface area contributed by atoms with E-state index in [-0.39, 0.29) is 25.6 Å². The van der Waals surface area contributed by atoms with Crippen molar-refractivity contribution in [1.82, 2.24) is 5.06 Å². The first-order valence-electron chi connectivity index (χ1n) is 6.72. The third-order valence-corrected chi connectivity index (χ3v) is 4.77. The maximum Gasteiger partial charge on any atom is 0.338 e. The molecule has 0 aliphatic carbocycles. The van der Waals surface area contributed by atoms with Crippen LogP contribution in [-0.2, 0) is 4.84 Å². The van der Waals surface area contributed by atoms with Crippen molar-refractivity contribution in [3.05, 3.63) is 56.0 Å². The van der Waals surface area contributed by atoms with Gasteiger partial charge in [0.2, 0.25) is 0 Å². The van der Waals surface area contributed by atoms with Crippen LogP contribution in [-0.4, -0.2) is 36.2 Å². The second kappa shape index (κ2) is 7.59. The zero-order valence-corrected chi connectivity index (χ0v) is 16.1. The monoisotopic (exact) mass is 477 g/mol. The van der Waals surface area contributed by atoms with E-state index in [4.69, 9.17) is 9.94 Å². The average Bonchev–Trinajstić information content (AvgIpc) is 2.56. The number of halogens is 4. The lowest BCUT2D eigenvalue weighted by Gasteiger charge is -2.17. The summed E-state index contributed by atoms with van der Waals surface area (Å²) in [5, 5.41) is 9.89. The van der Waals surface area contributed by atoms with Gasteiger partial charge in [0.15, 0.2) is 0 Å². The number of carboxylic acids is 1. The van der Waals surface area contributed by atoms with E-state index in [1.165, 1.54) is 32.4 Å². The molecule has 0 radical (unpaired) electrons. The largest absolute Gasteiger partial charge is 0.478 e. The lowest BCUT2D eigenvalue weighted by atomic mass is 9.99. The molecule has 0 spiro atoms. The second-order valence-corrected chi connectivity index (χ2v) is 6.57. The van der Waals surface area contributed by atoms with Crippen molar-refractivity contribution in [3.8, 4) is 11.1 Å². The van der Waals surface area contributed by atoms with Gasteiger partial charge in [0, 0.05) is 27.1 Å². The van der Waals surface area contributed by atoms with E-state index >= 15 is 0 Å². The topological polar surface area (TPSA) is 66.8 Å². The number of hydroxylamine groups is 2. The first-order chi connectivity index (χ1) is 11.7. The lowest BCUT2D eigenvalue weighted by Crippen LogP contribution is -2.26. The predicted octanol–water partition coefficient (Wildman–Crippen LogP) is 4.49. The lowest BCUT2D eigenvalue weighted by molar-refractivity contribution is -0.0759. The smallest absolute Gasteiger partial charge is 0.338 e. The Bertz CT molecular complexity index is 874. The SMILES string of the molecule is CON(C)C(=O)c1ccc(Br)c(-c2c(Br)ccc(C(=O)O)c2F)c1F. The molecule has 1 N–H and O–H groups in total. The van der Waals surface area contributed by atoms with Crippen LogP contribution in [0, 0.1) is 11.6 Å². The number of carbonyl (C=O) groups excluding carboxylic acids is 1. The maximum absolute atomic E-state index is 15.0. The molecule has 0 heterocycles. The summed E-state index contributed by atoms with van der Waals surface area (Å²) in [5.74, 6) is -4.40. The molecule has 25 heavy (non-hydrogen) atoms. The molecule has 0 saturated carbocycles. The third kappa shape index (κ3) is 3.58. The van der Waals surface area contributed by atoms with Crippen LogP contribution < -0.4 is 0 Å². The van der Waals surface area contributed by atoms with E-state index in [1.807, 2.05) is 0 Å². The fourth-order valence-corrected chi connectivity index (χ4v) is 3.16. The molecule has 0 unspecified atom stereocenters. The molecule has 0 fully saturated rings. The Hall–Kier alpha value is -1.84.